The van der Waals surface area contributed by atoms with E-state index in [9.17, 15) is 4.79 Å². The van der Waals surface area contributed by atoms with Crippen molar-refractivity contribution in [2.24, 2.45) is 4.99 Å². The number of Topliss-reactive ketones (excluding diaryl/α,β-unsaturated/α-hetero) is 1. The zero-order chi connectivity index (χ0) is 15.5. The van der Waals surface area contributed by atoms with Crippen LogP contribution in [0.4, 0.5) is 11.4 Å². The molecule has 1 radical (unpaired) electrons. The molecule has 3 nitrogen and oxygen atoms in total. The van der Waals surface area contributed by atoms with Crippen molar-refractivity contribution in [3.8, 4) is 0 Å². The number of anilines is 1. The largest absolute Gasteiger partial charge is 0.378 e. The van der Waals surface area contributed by atoms with E-state index in [1.807, 2.05) is 61.5 Å². The number of carbonyl (C=O) groups is 1. The van der Waals surface area contributed by atoms with Gasteiger partial charge in [-0.2, -0.15) is 0 Å². The molecule has 2 aromatic rings. The molecule has 1 aliphatic rings. The summed E-state index contributed by atoms with van der Waals surface area (Å²) in [7, 11) is 3.95. The third-order valence-corrected chi connectivity index (χ3v) is 3.89. The number of hydrogen-bond acceptors (Lipinski definition) is 3. The van der Waals surface area contributed by atoms with Gasteiger partial charge in [-0.1, -0.05) is 0 Å². The van der Waals surface area contributed by atoms with Gasteiger partial charge in [-0.3, -0.25) is 4.79 Å². The molecule has 1 aliphatic heterocycles. The summed E-state index contributed by atoms with van der Waals surface area (Å²) < 4.78 is 0. The van der Waals surface area contributed by atoms with Gasteiger partial charge in [-0.25, -0.2) is 0 Å². The molecule has 0 saturated heterocycles. The fourth-order valence-electron chi connectivity index (χ4n) is 2.64. The van der Waals surface area contributed by atoms with Gasteiger partial charge in [-0.15, -0.1) is 35.9 Å². The predicted molar refractivity (Wildman–Crippen MR) is 90.4 cm³/mol. The van der Waals surface area contributed by atoms with Crippen LogP contribution in [0.5, 0.6) is 0 Å². The molecule has 4 heteroatoms. The van der Waals surface area contributed by atoms with Crippen LogP contribution >= 0.6 is 0 Å². The first-order valence-electron chi connectivity index (χ1n) is 7.54. The van der Waals surface area contributed by atoms with Crippen molar-refractivity contribution in [3.63, 3.8) is 0 Å². The SMILES string of the molecule is CN(C)c1ccc2c(c1)C(=O)CCCC(c1[c-]cccc1)=N2.[Ir]. The molecule has 0 fully saturated rings. The number of benzene rings is 2. The first-order chi connectivity index (χ1) is 10.6. The van der Waals surface area contributed by atoms with Gasteiger partial charge in [0.2, 0.25) is 0 Å². The zero-order valence-electron chi connectivity index (χ0n) is 13.3. The van der Waals surface area contributed by atoms with E-state index in [1.54, 1.807) is 0 Å². The first kappa shape index (κ1) is 17.6. The summed E-state index contributed by atoms with van der Waals surface area (Å²) in [5.74, 6) is 0.179. The maximum Gasteiger partial charge on any atom is 0.165 e. The van der Waals surface area contributed by atoms with Crippen LogP contribution in [-0.2, 0) is 20.1 Å². The van der Waals surface area contributed by atoms with Crippen molar-refractivity contribution in [1.82, 2.24) is 0 Å². The Morgan fingerprint density at radius 2 is 1.96 bits per heavy atom. The van der Waals surface area contributed by atoms with E-state index >= 15 is 0 Å². The Hall–Kier alpha value is -1.77. The molecule has 0 aromatic heterocycles. The Morgan fingerprint density at radius 3 is 2.65 bits per heavy atom. The third kappa shape index (κ3) is 3.95. The molecule has 121 valence electrons. The molecule has 0 spiro atoms. The zero-order valence-corrected chi connectivity index (χ0v) is 15.7. The number of rotatable bonds is 2. The average Bonchev–Trinajstić information content (AvgIpc) is 2.52. The van der Waals surface area contributed by atoms with Crippen molar-refractivity contribution in [2.45, 2.75) is 19.3 Å². The number of ketones is 1. The van der Waals surface area contributed by atoms with Gasteiger partial charge in [0.15, 0.2) is 5.78 Å². The van der Waals surface area contributed by atoms with Crippen LogP contribution in [0.15, 0.2) is 47.5 Å². The molecular weight excluding hydrogens is 464 g/mol. The van der Waals surface area contributed by atoms with Crippen molar-refractivity contribution in [1.29, 1.82) is 0 Å². The normalized spacial score (nSPS) is 14.0. The summed E-state index contributed by atoms with van der Waals surface area (Å²) in [6, 6.07) is 17.0. The van der Waals surface area contributed by atoms with Gasteiger partial charge >= 0.3 is 0 Å². The molecule has 1 heterocycles. The minimum atomic E-state index is 0. The molecule has 2 aromatic carbocycles. The minimum Gasteiger partial charge on any atom is -0.378 e. The molecule has 0 N–H and O–H groups in total. The van der Waals surface area contributed by atoms with Gasteiger partial charge < -0.3 is 9.89 Å². The van der Waals surface area contributed by atoms with Gasteiger partial charge in [0.25, 0.3) is 0 Å². The maximum absolute atomic E-state index is 12.4. The Balaban J connectivity index is 0.00000192. The third-order valence-electron chi connectivity index (χ3n) is 3.89. The van der Waals surface area contributed by atoms with Crippen molar-refractivity contribution in [2.75, 3.05) is 19.0 Å². The van der Waals surface area contributed by atoms with Gasteiger partial charge in [0, 0.05) is 51.9 Å². The molecule has 23 heavy (non-hydrogen) atoms. The molecule has 0 atom stereocenters. The number of hydrogen-bond donors (Lipinski definition) is 0. The smallest absolute Gasteiger partial charge is 0.165 e. The summed E-state index contributed by atoms with van der Waals surface area (Å²) in [4.78, 5) is 19.1. The van der Waals surface area contributed by atoms with Crippen LogP contribution < -0.4 is 4.90 Å². The molecule has 0 unspecified atom stereocenters. The van der Waals surface area contributed by atoms with Crippen LogP contribution in [0.1, 0.15) is 35.2 Å². The molecule has 0 aliphatic carbocycles. The molecule has 0 amide bonds. The van der Waals surface area contributed by atoms with E-state index in [4.69, 9.17) is 4.99 Å². The Bertz CT molecular complexity index is 723. The monoisotopic (exact) mass is 484 g/mol. The van der Waals surface area contributed by atoms with E-state index in [1.165, 1.54) is 0 Å². The second-order valence-corrected chi connectivity index (χ2v) is 5.71. The van der Waals surface area contributed by atoms with E-state index in [2.05, 4.69) is 6.07 Å². The van der Waals surface area contributed by atoms with Crippen molar-refractivity contribution in [3.05, 3.63) is 59.7 Å². The average molecular weight is 484 g/mol. The fraction of sp³-hybridized carbons (Fsp3) is 0.263. The second-order valence-electron chi connectivity index (χ2n) is 5.71. The minimum absolute atomic E-state index is 0. The Labute approximate surface area is 150 Å². The first-order valence-corrected chi connectivity index (χ1v) is 7.54. The van der Waals surface area contributed by atoms with Gasteiger partial charge in [-0.05, 0) is 36.8 Å². The van der Waals surface area contributed by atoms with Crippen LogP contribution in [0.2, 0.25) is 0 Å². The number of aliphatic imine (C=N–C) groups is 1. The quantitative estimate of drug-likeness (QED) is 0.604. The molecular formula is C19H19IrN2O-. The summed E-state index contributed by atoms with van der Waals surface area (Å²) in [6.07, 6.45) is 2.20. The summed E-state index contributed by atoms with van der Waals surface area (Å²) in [5, 5.41) is 0. The molecule has 0 bridgehead atoms. The fourth-order valence-corrected chi connectivity index (χ4v) is 2.64. The number of nitrogens with zero attached hydrogens (tertiary/aromatic N) is 2. The van der Waals surface area contributed by atoms with Crippen LogP contribution in [0.25, 0.3) is 0 Å². The van der Waals surface area contributed by atoms with Crippen LogP contribution in [0, 0.1) is 6.07 Å². The van der Waals surface area contributed by atoms with E-state index < -0.39 is 0 Å². The Morgan fingerprint density at radius 1 is 1.13 bits per heavy atom. The number of carbonyl (C=O) groups excluding carboxylic acids is 1. The van der Waals surface area contributed by atoms with Crippen LogP contribution in [-0.4, -0.2) is 25.6 Å². The topological polar surface area (TPSA) is 32.7 Å². The van der Waals surface area contributed by atoms with Gasteiger partial charge in [0.05, 0.1) is 5.69 Å². The molecule has 3 rings (SSSR count). The second kappa shape index (κ2) is 7.67. The van der Waals surface area contributed by atoms with Crippen molar-refractivity contribution < 1.29 is 24.9 Å². The number of fused-ring (bicyclic) bond motifs is 1. The van der Waals surface area contributed by atoms with Gasteiger partial charge in [0.1, 0.15) is 0 Å². The summed E-state index contributed by atoms with van der Waals surface area (Å²) in [6.45, 7) is 0. The maximum atomic E-state index is 12.4. The van der Waals surface area contributed by atoms with Crippen molar-refractivity contribution >= 4 is 22.9 Å². The van der Waals surface area contributed by atoms with E-state index in [0.717, 1.165) is 41.1 Å². The van der Waals surface area contributed by atoms with Crippen LogP contribution in [0.3, 0.4) is 0 Å². The standard InChI is InChI=1S/C19H19N2O.Ir/c1-21(2)15-11-12-18-16(13-15)19(22)10-6-9-17(20-18)14-7-4-3-5-8-14;/h3-5,7,11-13H,6,9-10H2,1-2H3;/q-1;. The summed E-state index contributed by atoms with van der Waals surface area (Å²) >= 11 is 0. The molecule has 0 saturated carbocycles. The Kier molecular flexibility index (Phi) is 5.86. The predicted octanol–water partition coefficient (Wildman–Crippen LogP) is 4.04. The van der Waals surface area contributed by atoms with E-state index in [0.29, 0.717) is 6.42 Å². The summed E-state index contributed by atoms with van der Waals surface area (Å²) in [5.41, 5.74) is 4.53. The van der Waals surface area contributed by atoms with E-state index in [-0.39, 0.29) is 25.9 Å².